The molecule has 0 fully saturated rings. The number of sulfonamides is 1. The number of benzene rings is 1. The minimum absolute atomic E-state index is 0.0258. The lowest BCUT2D eigenvalue weighted by Gasteiger charge is -2.08. The number of ether oxygens (including phenoxy) is 1. The van der Waals surface area contributed by atoms with Crippen molar-refractivity contribution in [2.75, 3.05) is 13.3 Å². The summed E-state index contributed by atoms with van der Waals surface area (Å²) in [7, 11) is -4.33. The first kappa shape index (κ1) is 13.8. The summed E-state index contributed by atoms with van der Waals surface area (Å²) in [6.07, 6.45) is 0.0258. The average molecular weight is 269 g/mol. The fourth-order valence-corrected chi connectivity index (χ4v) is 1.68. The van der Waals surface area contributed by atoms with Gasteiger partial charge in [-0.05, 0) is 12.1 Å². The van der Waals surface area contributed by atoms with Gasteiger partial charge in [-0.1, -0.05) is 0 Å². The van der Waals surface area contributed by atoms with Crippen LogP contribution in [0, 0.1) is 11.6 Å². The van der Waals surface area contributed by atoms with Crippen molar-refractivity contribution in [3.05, 3.63) is 23.8 Å². The molecule has 0 unspecified atom stereocenters. The number of alkyl halides is 1. The minimum Gasteiger partial charge on any atom is -0.490 e. The van der Waals surface area contributed by atoms with E-state index in [9.17, 15) is 21.6 Å². The monoisotopic (exact) mass is 269 g/mol. The number of halogens is 3. The number of hydrogen-bond donors (Lipinski definition) is 1. The molecule has 0 aliphatic carbocycles. The summed E-state index contributed by atoms with van der Waals surface area (Å²) in [5.41, 5.74) is 0. The molecule has 1 aromatic rings. The van der Waals surface area contributed by atoms with Gasteiger partial charge >= 0.3 is 0 Å². The van der Waals surface area contributed by atoms with E-state index >= 15 is 0 Å². The minimum atomic E-state index is -4.33. The zero-order chi connectivity index (χ0) is 13.1. The SMILES string of the molecule is NS(=O)(=O)c1ccc(OCCCF)c(F)c1F. The Bertz CT molecular complexity index is 504. The van der Waals surface area contributed by atoms with E-state index in [2.05, 4.69) is 5.14 Å². The van der Waals surface area contributed by atoms with Gasteiger partial charge in [0.1, 0.15) is 4.90 Å². The third kappa shape index (κ3) is 3.34. The molecular formula is C9H10F3NO3S. The molecule has 0 aliphatic heterocycles. The predicted molar refractivity (Wildman–Crippen MR) is 53.8 cm³/mol. The predicted octanol–water partition coefficient (Wildman–Crippen LogP) is 1.35. The molecule has 4 nitrogen and oxygen atoms in total. The fourth-order valence-electron chi connectivity index (χ4n) is 1.08. The molecule has 8 heteroatoms. The van der Waals surface area contributed by atoms with E-state index in [1.54, 1.807) is 0 Å². The first-order valence-corrected chi connectivity index (χ1v) is 6.12. The molecule has 0 heterocycles. The van der Waals surface area contributed by atoms with E-state index in [-0.39, 0.29) is 13.0 Å². The summed E-state index contributed by atoms with van der Waals surface area (Å²) in [6.45, 7) is -0.791. The van der Waals surface area contributed by atoms with Gasteiger partial charge in [-0.25, -0.2) is 17.9 Å². The highest BCUT2D eigenvalue weighted by Gasteiger charge is 2.21. The van der Waals surface area contributed by atoms with Crippen LogP contribution in [0.2, 0.25) is 0 Å². The van der Waals surface area contributed by atoms with Gasteiger partial charge in [0.05, 0.1) is 13.3 Å². The third-order valence-corrected chi connectivity index (χ3v) is 2.78. The summed E-state index contributed by atoms with van der Waals surface area (Å²) < 4.78 is 64.8. The highest BCUT2D eigenvalue weighted by Crippen LogP contribution is 2.24. The first-order chi connectivity index (χ1) is 7.88. The normalized spacial score (nSPS) is 11.5. The summed E-state index contributed by atoms with van der Waals surface area (Å²) in [5, 5.41) is 4.67. The van der Waals surface area contributed by atoms with Crippen molar-refractivity contribution in [3.8, 4) is 5.75 Å². The van der Waals surface area contributed by atoms with Gasteiger partial charge in [-0.15, -0.1) is 0 Å². The lowest BCUT2D eigenvalue weighted by atomic mass is 10.3. The Kier molecular flexibility index (Phi) is 4.35. The van der Waals surface area contributed by atoms with Crippen LogP contribution >= 0.6 is 0 Å². The molecule has 17 heavy (non-hydrogen) atoms. The highest BCUT2D eigenvalue weighted by atomic mass is 32.2. The molecular weight excluding hydrogens is 259 g/mol. The molecule has 96 valence electrons. The van der Waals surface area contributed by atoms with Gasteiger partial charge in [-0.2, -0.15) is 4.39 Å². The molecule has 1 rings (SSSR count). The topological polar surface area (TPSA) is 69.4 Å². The van der Waals surface area contributed by atoms with Gasteiger partial charge in [0, 0.05) is 6.42 Å². The van der Waals surface area contributed by atoms with Crippen LogP contribution in [0.25, 0.3) is 0 Å². The van der Waals surface area contributed by atoms with Crippen LogP contribution in [0.5, 0.6) is 5.75 Å². The Hall–Kier alpha value is -1.28. The van der Waals surface area contributed by atoms with Crippen LogP contribution in [0.15, 0.2) is 17.0 Å². The van der Waals surface area contributed by atoms with Crippen molar-refractivity contribution in [2.45, 2.75) is 11.3 Å². The van der Waals surface area contributed by atoms with Gasteiger partial charge < -0.3 is 4.74 Å². The van der Waals surface area contributed by atoms with Crippen LogP contribution in [0.1, 0.15) is 6.42 Å². The second-order valence-corrected chi connectivity index (χ2v) is 4.66. The van der Waals surface area contributed by atoms with Crippen LogP contribution in [-0.4, -0.2) is 21.7 Å². The zero-order valence-corrected chi connectivity index (χ0v) is 9.44. The Morgan fingerprint density at radius 3 is 2.41 bits per heavy atom. The smallest absolute Gasteiger partial charge is 0.241 e. The van der Waals surface area contributed by atoms with E-state index in [1.807, 2.05) is 0 Å². The number of nitrogens with two attached hydrogens (primary N) is 1. The molecule has 1 aromatic carbocycles. The van der Waals surface area contributed by atoms with E-state index < -0.39 is 39.0 Å². The van der Waals surface area contributed by atoms with Gasteiger partial charge in [-0.3, -0.25) is 4.39 Å². The summed E-state index contributed by atoms with van der Waals surface area (Å²) >= 11 is 0. The molecule has 0 aliphatic rings. The molecule has 0 radical (unpaired) electrons. The highest BCUT2D eigenvalue weighted by molar-refractivity contribution is 7.89. The lowest BCUT2D eigenvalue weighted by molar-refractivity contribution is 0.272. The Morgan fingerprint density at radius 2 is 1.88 bits per heavy atom. The molecule has 2 N–H and O–H groups in total. The Labute approximate surface area is 96.2 Å². The average Bonchev–Trinajstić information content (AvgIpc) is 2.23. The van der Waals surface area contributed by atoms with Crippen LogP contribution < -0.4 is 9.88 Å². The molecule has 0 spiro atoms. The number of rotatable bonds is 5. The van der Waals surface area contributed by atoms with E-state index in [1.165, 1.54) is 0 Å². The molecule has 0 amide bonds. The zero-order valence-electron chi connectivity index (χ0n) is 8.62. The van der Waals surface area contributed by atoms with Crippen LogP contribution in [0.4, 0.5) is 13.2 Å². The Morgan fingerprint density at radius 1 is 1.24 bits per heavy atom. The number of hydrogen-bond acceptors (Lipinski definition) is 3. The molecule has 0 atom stereocenters. The largest absolute Gasteiger partial charge is 0.490 e. The van der Waals surface area contributed by atoms with E-state index in [0.717, 1.165) is 12.1 Å². The molecule has 0 saturated heterocycles. The van der Waals surface area contributed by atoms with Gasteiger partial charge in [0.2, 0.25) is 15.8 Å². The maximum atomic E-state index is 13.3. The second-order valence-electron chi connectivity index (χ2n) is 3.13. The van der Waals surface area contributed by atoms with E-state index in [0.29, 0.717) is 0 Å². The maximum absolute atomic E-state index is 13.3. The summed E-state index contributed by atoms with van der Waals surface area (Å²) in [6, 6.07) is 1.72. The fraction of sp³-hybridized carbons (Fsp3) is 0.333. The first-order valence-electron chi connectivity index (χ1n) is 4.57. The quantitative estimate of drug-likeness (QED) is 0.820. The van der Waals surface area contributed by atoms with Gasteiger partial charge in [0.15, 0.2) is 11.6 Å². The van der Waals surface area contributed by atoms with Crippen molar-refractivity contribution in [3.63, 3.8) is 0 Å². The van der Waals surface area contributed by atoms with Crippen molar-refractivity contribution in [1.29, 1.82) is 0 Å². The summed E-state index contributed by atoms with van der Waals surface area (Å²) in [4.78, 5) is -0.951. The second kappa shape index (κ2) is 5.37. The van der Waals surface area contributed by atoms with Crippen LogP contribution in [0.3, 0.4) is 0 Å². The van der Waals surface area contributed by atoms with Gasteiger partial charge in [0.25, 0.3) is 0 Å². The van der Waals surface area contributed by atoms with E-state index in [4.69, 9.17) is 4.74 Å². The Balaban J connectivity index is 3.03. The standard InChI is InChI=1S/C9H10F3NO3S/c10-4-1-5-16-6-2-3-7(17(13,14)15)9(12)8(6)11/h2-3H,1,4-5H2,(H2,13,14,15). The van der Waals surface area contributed by atoms with Crippen molar-refractivity contribution in [1.82, 2.24) is 0 Å². The molecule has 0 bridgehead atoms. The third-order valence-electron chi connectivity index (χ3n) is 1.85. The molecule has 0 saturated carbocycles. The molecule has 0 aromatic heterocycles. The van der Waals surface area contributed by atoms with Crippen LogP contribution in [-0.2, 0) is 10.0 Å². The lowest BCUT2D eigenvalue weighted by Crippen LogP contribution is -2.15. The van der Waals surface area contributed by atoms with Crippen molar-refractivity contribution in [2.24, 2.45) is 5.14 Å². The summed E-state index contributed by atoms with van der Waals surface area (Å²) in [5.74, 6) is -3.55. The maximum Gasteiger partial charge on any atom is 0.241 e. The van der Waals surface area contributed by atoms with Crippen molar-refractivity contribution >= 4 is 10.0 Å². The van der Waals surface area contributed by atoms with Crippen molar-refractivity contribution < 1.29 is 26.3 Å². The number of primary sulfonamides is 1.